The zero-order chi connectivity index (χ0) is 15.8. The Labute approximate surface area is 118 Å². The number of amides is 1. The summed E-state index contributed by atoms with van der Waals surface area (Å²) in [6, 6.07) is 9.66. The molecule has 0 saturated heterocycles. The minimum absolute atomic E-state index is 0.144. The highest BCUT2D eigenvalue weighted by molar-refractivity contribution is 5.95. The molecule has 0 aliphatic carbocycles. The molecule has 1 unspecified atom stereocenters. The number of nitriles is 1. The lowest BCUT2D eigenvalue weighted by molar-refractivity contribution is -0.237. The van der Waals surface area contributed by atoms with Crippen LogP contribution in [0.3, 0.4) is 0 Å². The zero-order valence-electron chi connectivity index (χ0n) is 11.0. The van der Waals surface area contributed by atoms with E-state index in [2.05, 4.69) is 0 Å². The number of carbonyl (C=O) groups is 1. The Morgan fingerprint density at radius 1 is 1.33 bits per heavy atom. The fourth-order valence-electron chi connectivity index (χ4n) is 2.23. The van der Waals surface area contributed by atoms with Crippen LogP contribution in [0.15, 0.2) is 41.6 Å². The molecule has 1 amide bonds. The average molecular weight is 296 g/mol. The number of carbonyl (C=O) groups excluding carboxylic acids is 1. The van der Waals surface area contributed by atoms with Gasteiger partial charge in [-0.2, -0.15) is 18.4 Å². The van der Waals surface area contributed by atoms with E-state index >= 15 is 0 Å². The normalized spacial score (nSPS) is 22.7. The van der Waals surface area contributed by atoms with E-state index in [0.29, 0.717) is 5.56 Å². The topological polar surface area (TPSA) is 64.3 Å². The molecular weight excluding hydrogens is 285 g/mol. The first-order valence-electron chi connectivity index (χ1n) is 6.00. The van der Waals surface area contributed by atoms with E-state index in [1.807, 2.05) is 0 Å². The highest BCUT2D eigenvalue weighted by atomic mass is 19.4. The van der Waals surface area contributed by atoms with Crippen LogP contribution >= 0.6 is 0 Å². The molecule has 1 atom stereocenters. The van der Waals surface area contributed by atoms with E-state index in [1.54, 1.807) is 30.3 Å². The van der Waals surface area contributed by atoms with Crippen molar-refractivity contribution in [3.63, 3.8) is 0 Å². The van der Waals surface area contributed by atoms with Crippen molar-refractivity contribution in [1.29, 1.82) is 5.26 Å². The van der Waals surface area contributed by atoms with Crippen LogP contribution in [-0.2, 0) is 11.3 Å². The van der Waals surface area contributed by atoms with E-state index in [-0.39, 0.29) is 12.2 Å². The van der Waals surface area contributed by atoms with Gasteiger partial charge < -0.3 is 10.0 Å². The molecule has 1 aromatic carbocycles. The molecule has 0 bridgehead atoms. The lowest BCUT2D eigenvalue weighted by Crippen LogP contribution is -2.53. The quantitative estimate of drug-likeness (QED) is 0.909. The van der Waals surface area contributed by atoms with Crippen molar-refractivity contribution in [2.24, 2.45) is 0 Å². The van der Waals surface area contributed by atoms with Gasteiger partial charge >= 0.3 is 6.18 Å². The highest BCUT2D eigenvalue weighted by Gasteiger charge is 2.67. The van der Waals surface area contributed by atoms with Gasteiger partial charge in [-0.05, 0) is 12.5 Å². The van der Waals surface area contributed by atoms with Crippen LogP contribution in [0.4, 0.5) is 13.2 Å². The maximum Gasteiger partial charge on any atom is 0.431 e. The van der Waals surface area contributed by atoms with Crippen LogP contribution in [0.5, 0.6) is 0 Å². The van der Waals surface area contributed by atoms with Gasteiger partial charge in [-0.25, -0.2) is 0 Å². The van der Waals surface area contributed by atoms with E-state index in [9.17, 15) is 23.1 Å². The van der Waals surface area contributed by atoms with Gasteiger partial charge in [0.1, 0.15) is 6.07 Å². The first-order chi connectivity index (χ1) is 9.73. The molecule has 1 aliphatic heterocycles. The summed E-state index contributed by atoms with van der Waals surface area (Å²) in [5.41, 5.74) is -4.34. The first-order valence-corrected chi connectivity index (χ1v) is 6.00. The van der Waals surface area contributed by atoms with Crippen LogP contribution < -0.4 is 0 Å². The van der Waals surface area contributed by atoms with Gasteiger partial charge in [-0.15, -0.1) is 0 Å². The van der Waals surface area contributed by atoms with Crippen molar-refractivity contribution in [2.45, 2.75) is 25.2 Å². The standard InChI is InChI=1S/C14H11F3N2O2/c1-9-11(7-18)13(21,14(15,16)17)12(20)19(9)8-10-5-3-2-4-6-10/h2-6,21H,8H2,1H3. The largest absolute Gasteiger partial charge is 0.431 e. The smallest absolute Gasteiger partial charge is 0.368 e. The van der Waals surface area contributed by atoms with E-state index in [4.69, 9.17) is 5.26 Å². The molecule has 1 aliphatic rings. The molecule has 0 saturated carbocycles. The van der Waals surface area contributed by atoms with Crippen LogP contribution in [0.25, 0.3) is 0 Å². The number of alkyl halides is 3. The summed E-state index contributed by atoms with van der Waals surface area (Å²) in [5, 5.41) is 18.7. The van der Waals surface area contributed by atoms with Crippen molar-refractivity contribution in [2.75, 3.05) is 0 Å². The molecule has 4 nitrogen and oxygen atoms in total. The summed E-state index contributed by atoms with van der Waals surface area (Å²) < 4.78 is 39.1. The molecule has 7 heteroatoms. The fourth-order valence-corrected chi connectivity index (χ4v) is 2.23. The van der Waals surface area contributed by atoms with Crippen molar-refractivity contribution in [1.82, 2.24) is 4.90 Å². The minimum atomic E-state index is -5.25. The van der Waals surface area contributed by atoms with Gasteiger partial charge in [0, 0.05) is 5.70 Å². The molecule has 21 heavy (non-hydrogen) atoms. The van der Waals surface area contributed by atoms with Crippen molar-refractivity contribution in [3.8, 4) is 6.07 Å². The van der Waals surface area contributed by atoms with Crippen LogP contribution in [0.1, 0.15) is 12.5 Å². The summed E-state index contributed by atoms with van der Waals surface area (Å²) in [4.78, 5) is 12.8. The van der Waals surface area contributed by atoms with Crippen LogP contribution in [0.2, 0.25) is 0 Å². The number of rotatable bonds is 2. The van der Waals surface area contributed by atoms with Gasteiger partial charge in [-0.3, -0.25) is 4.79 Å². The SMILES string of the molecule is CC1=C(C#N)C(O)(C(F)(F)F)C(=O)N1Cc1ccccc1. The Morgan fingerprint density at radius 2 is 1.90 bits per heavy atom. The summed E-state index contributed by atoms with van der Waals surface area (Å²) in [6.45, 7) is 1.07. The van der Waals surface area contributed by atoms with Crippen LogP contribution in [-0.4, -0.2) is 27.7 Å². The number of hydrogen-bond donors (Lipinski definition) is 1. The number of nitrogens with zero attached hydrogens (tertiary/aromatic N) is 2. The fraction of sp³-hybridized carbons (Fsp3) is 0.286. The molecule has 0 spiro atoms. The van der Waals surface area contributed by atoms with Gasteiger partial charge in [0.15, 0.2) is 0 Å². The number of hydrogen-bond acceptors (Lipinski definition) is 3. The molecule has 0 fully saturated rings. The summed E-state index contributed by atoms with van der Waals surface area (Å²) in [7, 11) is 0. The van der Waals surface area contributed by atoms with Crippen LogP contribution in [0, 0.1) is 11.3 Å². The molecule has 110 valence electrons. The third-order valence-electron chi connectivity index (χ3n) is 3.39. The lowest BCUT2D eigenvalue weighted by Gasteiger charge is -2.26. The second-order valence-electron chi connectivity index (χ2n) is 4.66. The second-order valence-corrected chi connectivity index (χ2v) is 4.66. The van der Waals surface area contributed by atoms with Gasteiger partial charge in [0.05, 0.1) is 12.1 Å². The molecule has 1 N–H and O–H groups in total. The minimum Gasteiger partial charge on any atom is -0.368 e. The molecule has 0 aromatic heterocycles. The number of halogens is 3. The predicted molar refractivity (Wildman–Crippen MR) is 66.3 cm³/mol. The van der Waals surface area contributed by atoms with Gasteiger partial charge in [0.2, 0.25) is 0 Å². The average Bonchev–Trinajstić information content (AvgIpc) is 2.61. The molecule has 1 aromatic rings. The number of aliphatic hydroxyl groups is 1. The van der Waals surface area contributed by atoms with Crippen molar-refractivity contribution < 1.29 is 23.1 Å². The summed E-state index contributed by atoms with van der Waals surface area (Å²) in [6.07, 6.45) is -5.25. The third-order valence-corrected chi connectivity index (χ3v) is 3.39. The third kappa shape index (κ3) is 2.17. The van der Waals surface area contributed by atoms with Crippen molar-refractivity contribution in [3.05, 3.63) is 47.2 Å². The van der Waals surface area contributed by atoms with Gasteiger partial charge in [-0.1, -0.05) is 30.3 Å². The molecule has 1 heterocycles. The Hall–Kier alpha value is -2.33. The monoisotopic (exact) mass is 296 g/mol. The molecule has 0 radical (unpaired) electrons. The maximum atomic E-state index is 13.0. The lowest BCUT2D eigenvalue weighted by atomic mass is 9.95. The summed E-state index contributed by atoms with van der Waals surface area (Å²) >= 11 is 0. The molecular formula is C14H11F3N2O2. The van der Waals surface area contributed by atoms with Crippen molar-refractivity contribution >= 4 is 5.91 Å². The first kappa shape index (κ1) is 15.1. The maximum absolute atomic E-state index is 13.0. The van der Waals surface area contributed by atoms with E-state index in [0.717, 1.165) is 4.90 Å². The number of benzene rings is 1. The Bertz CT molecular complexity index is 646. The zero-order valence-corrected chi connectivity index (χ0v) is 11.0. The Kier molecular flexibility index (Phi) is 3.51. The van der Waals surface area contributed by atoms with E-state index in [1.165, 1.54) is 13.0 Å². The highest BCUT2D eigenvalue weighted by Crippen LogP contribution is 2.44. The van der Waals surface area contributed by atoms with E-state index < -0.39 is 23.3 Å². The second kappa shape index (κ2) is 4.90. The summed E-state index contributed by atoms with van der Waals surface area (Å²) in [5.74, 6) is -1.55. The Morgan fingerprint density at radius 3 is 2.33 bits per heavy atom. The predicted octanol–water partition coefficient (Wildman–Crippen LogP) is 2.12. The van der Waals surface area contributed by atoms with Gasteiger partial charge in [0.25, 0.3) is 11.5 Å². The Balaban J connectivity index is 2.46. The number of allylic oxidation sites excluding steroid dienone is 1. The molecule has 2 rings (SSSR count).